The first-order valence-corrected chi connectivity index (χ1v) is 4.42. The van der Waals surface area contributed by atoms with Crippen LogP contribution in [0.25, 0.3) is 6.08 Å². The highest BCUT2D eigenvalue weighted by molar-refractivity contribution is 7.81. The molecule has 13 heavy (non-hydrogen) atoms. The smallest absolute Gasteiger partial charge is 0.212 e. The van der Waals surface area contributed by atoms with Gasteiger partial charge >= 0.3 is 0 Å². The second-order valence-electron chi connectivity index (χ2n) is 2.92. The first kappa shape index (κ1) is 8.32. The lowest BCUT2D eigenvalue weighted by Crippen LogP contribution is -2.13. The summed E-state index contributed by atoms with van der Waals surface area (Å²) < 4.78 is 0. The zero-order valence-corrected chi connectivity index (χ0v) is 7.67. The molecule has 0 saturated carbocycles. The molecule has 1 atom stereocenters. The predicted molar refractivity (Wildman–Crippen MR) is 56.5 cm³/mol. The van der Waals surface area contributed by atoms with Crippen molar-refractivity contribution in [1.82, 2.24) is 0 Å². The number of benzene rings is 1. The van der Waals surface area contributed by atoms with Crippen LogP contribution in [-0.2, 0) is 4.79 Å². The van der Waals surface area contributed by atoms with Gasteiger partial charge in [-0.3, -0.25) is 4.79 Å². The number of allylic oxidation sites excluding steroid dienone is 1. The van der Waals surface area contributed by atoms with Crippen LogP contribution in [0.1, 0.15) is 17.0 Å². The van der Waals surface area contributed by atoms with Gasteiger partial charge < -0.3 is 0 Å². The second-order valence-corrected chi connectivity index (χ2v) is 3.39. The van der Waals surface area contributed by atoms with E-state index in [1.165, 1.54) is 0 Å². The molecule has 0 spiro atoms. The molecule has 2 heteroatoms. The molecule has 1 aromatic carbocycles. The van der Waals surface area contributed by atoms with E-state index in [-0.39, 0.29) is 5.92 Å². The third kappa shape index (κ3) is 1.33. The zero-order valence-electron chi connectivity index (χ0n) is 6.86. The molecular formula is C11H7OS. The number of rotatable bonds is 1. The largest absolute Gasteiger partial charge is 0.290 e. The maximum Gasteiger partial charge on any atom is 0.212 e. The van der Waals surface area contributed by atoms with Crippen molar-refractivity contribution in [3.8, 4) is 0 Å². The van der Waals surface area contributed by atoms with Crippen LogP contribution in [0.2, 0.25) is 0 Å². The van der Waals surface area contributed by atoms with Crippen LogP contribution in [-0.4, -0.2) is 11.2 Å². The Kier molecular flexibility index (Phi) is 2.07. The van der Waals surface area contributed by atoms with E-state index in [9.17, 15) is 4.79 Å². The molecule has 1 aliphatic rings. The minimum Gasteiger partial charge on any atom is -0.290 e. The lowest BCUT2D eigenvalue weighted by atomic mass is 9.88. The molecular weight excluding hydrogens is 180 g/mol. The summed E-state index contributed by atoms with van der Waals surface area (Å²) in [5, 5.41) is 0. The first-order chi connectivity index (χ1) is 6.33. The van der Waals surface area contributed by atoms with Crippen molar-refractivity contribution in [3.63, 3.8) is 0 Å². The molecule has 0 aliphatic heterocycles. The van der Waals surface area contributed by atoms with Crippen molar-refractivity contribution >= 4 is 29.4 Å². The van der Waals surface area contributed by atoms with Gasteiger partial charge in [-0.05, 0) is 17.2 Å². The van der Waals surface area contributed by atoms with Crippen molar-refractivity contribution in [3.05, 3.63) is 41.5 Å². The first-order valence-electron chi connectivity index (χ1n) is 4.01. The molecule has 1 aromatic rings. The van der Waals surface area contributed by atoms with Gasteiger partial charge in [0.2, 0.25) is 6.29 Å². The third-order valence-corrected chi connectivity index (χ3v) is 2.51. The molecule has 0 saturated heterocycles. The Bertz CT molecular complexity index is 393. The van der Waals surface area contributed by atoms with Crippen molar-refractivity contribution in [2.45, 2.75) is 5.92 Å². The number of carbonyl (C=O) groups excluding carboxylic acids is 1. The van der Waals surface area contributed by atoms with Gasteiger partial charge in [0.1, 0.15) is 0 Å². The van der Waals surface area contributed by atoms with Crippen LogP contribution in [0.15, 0.2) is 30.3 Å². The summed E-state index contributed by atoms with van der Waals surface area (Å²) >= 11 is 5.05. The monoisotopic (exact) mass is 187 g/mol. The van der Waals surface area contributed by atoms with Crippen LogP contribution in [0.3, 0.4) is 0 Å². The Balaban J connectivity index is 2.59. The minimum atomic E-state index is -0.351. The Hall–Kier alpha value is -1.28. The standard InChI is InChI=1S/C11H7OS/c12-7-10-9-4-2-1-3-8(9)5-6-11(10)13/h1-6,10H. The van der Waals surface area contributed by atoms with Gasteiger partial charge in [-0.15, -0.1) is 0 Å². The van der Waals surface area contributed by atoms with E-state index in [4.69, 9.17) is 12.2 Å². The van der Waals surface area contributed by atoms with E-state index in [0.717, 1.165) is 11.1 Å². The Morgan fingerprint density at radius 1 is 1.23 bits per heavy atom. The van der Waals surface area contributed by atoms with Crippen molar-refractivity contribution < 1.29 is 4.79 Å². The average molecular weight is 187 g/mol. The molecule has 0 aromatic heterocycles. The summed E-state index contributed by atoms with van der Waals surface area (Å²) in [6.07, 6.45) is 5.70. The average Bonchev–Trinajstić information content (AvgIpc) is 2.18. The molecule has 0 N–H and O–H groups in total. The summed E-state index contributed by atoms with van der Waals surface area (Å²) in [7, 11) is 0. The summed E-state index contributed by atoms with van der Waals surface area (Å²) in [5.41, 5.74) is 2.02. The fraction of sp³-hybridized carbons (Fsp3) is 0.0909. The van der Waals surface area contributed by atoms with E-state index in [1.807, 2.05) is 36.6 Å². The van der Waals surface area contributed by atoms with Crippen LogP contribution in [0.4, 0.5) is 0 Å². The van der Waals surface area contributed by atoms with Crippen LogP contribution < -0.4 is 0 Å². The normalized spacial score (nSPS) is 19.7. The highest BCUT2D eigenvalue weighted by Gasteiger charge is 2.20. The van der Waals surface area contributed by atoms with Crippen LogP contribution in [0, 0.1) is 0 Å². The Labute approximate surface area is 82.1 Å². The SMILES string of the molecule is O=[C]C1C(=S)C=Cc2ccccc21. The van der Waals surface area contributed by atoms with Crippen LogP contribution in [0.5, 0.6) is 0 Å². The van der Waals surface area contributed by atoms with Gasteiger partial charge in [-0.25, -0.2) is 0 Å². The fourth-order valence-corrected chi connectivity index (χ4v) is 1.71. The summed E-state index contributed by atoms with van der Waals surface area (Å²) in [4.78, 5) is 11.3. The summed E-state index contributed by atoms with van der Waals surface area (Å²) in [6.45, 7) is 0. The highest BCUT2D eigenvalue weighted by Crippen LogP contribution is 2.26. The number of hydrogen-bond acceptors (Lipinski definition) is 2. The molecule has 0 fully saturated rings. The van der Waals surface area contributed by atoms with E-state index >= 15 is 0 Å². The maximum atomic E-state index is 10.7. The zero-order chi connectivity index (χ0) is 9.26. The number of hydrogen-bond donors (Lipinski definition) is 0. The molecule has 2 rings (SSSR count). The molecule has 1 unspecified atom stereocenters. The van der Waals surface area contributed by atoms with E-state index in [2.05, 4.69) is 0 Å². The van der Waals surface area contributed by atoms with Gasteiger partial charge in [0, 0.05) is 4.86 Å². The van der Waals surface area contributed by atoms with E-state index in [0.29, 0.717) is 4.86 Å². The summed E-state index contributed by atoms with van der Waals surface area (Å²) in [6, 6.07) is 7.74. The van der Waals surface area contributed by atoms with Gasteiger partial charge in [0.15, 0.2) is 0 Å². The van der Waals surface area contributed by atoms with Crippen molar-refractivity contribution in [2.24, 2.45) is 0 Å². The minimum absolute atomic E-state index is 0.351. The second kappa shape index (κ2) is 3.23. The summed E-state index contributed by atoms with van der Waals surface area (Å²) in [5.74, 6) is -0.351. The van der Waals surface area contributed by atoms with Gasteiger partial charge in [-0.2, -0.15) is 0 Å². The Morgan fingerprint density at radius 2 is 2.00 bits per heavy atom. The van der Waals surface area contributed by atoms with Gasteiger partial charge in [-0.1, -0.05) is 42.6 Å². The Morgan fingerprint density at radius 3 is 2.77 bits per heavy atom. The van der Waals surface area contributed by atoms with Gasteiger partial charge in [0.05, 0.1) is 5.92 Å². The quantitative estimate of drug-likeness (QED) is 0.627. The van der Waals surface area contributed by atoms with Crippen molar-refractivity contribution in [1.29, 1.82) is 0 Å². The highest BCUT2D eigenvalue weighted by atomic mass is 32.1. The fourth-order valence-electron chi connectivity index (χ4n) is 1.47. The molecule has 0 heterocycles. The van der Waals surface area contributed by atoms with E-state index < -0.39 is 0 Å². The number of thiocarbonyl (C=S) groups is 1. The molecule has 0 bridgehead atoms. The molecule has 1 radical (unpaired) electrons. The number of fused-ring (bicyclic) bond motifs is 1. The third-order valence-electron chi connectivity index (χ3n) is 2.14. The van der Waals surface area contributed by atoms with Crippen molar-refractivity contribution in [2.75, 3.05) is 0 Å². The molecule has 1 aliphatic carbocycles. The molecule has 63 valence electrons. The molecule has 0 amide bonds. The van der Waals surface area contributed by atoms with E-state index in [1.54, 1.807) is 6.08 Å². The maximum absolute atomic E-state index is 10.7. The lowest BCUT2D eigenvalue weighted by Gasteiger charge is -2.16. The van der Waals surface area contributed by atoms with Gasteiger partial charge in [0.25, 0.3) is 0 Å². The predicted octanol–water partition coefficient (Wildman–Crippen LogP) is 2.28. The lowest BCUT2D eigenvalue weighted by molar-refractivity contribution is 0.552. The topological polar surface area (TPSA) is 17.1 Å². The molecule has 1 nitrogen and oxygen atoms in total. The van der Waals surface area contributed by atoms with Crippen LogP contribution >= 0.6 is 12.2 Å².